The molecule has 1 heterocycles. The second-order valence-corrected chi connectivity index (χ2v) is 3.59. The van der Waals surface area contributed by atoms with Crippen molar-refractivity contribution in [1.82, 2.24) is 5.32 Å². The number of carboxylic acids is 1. The summed E-state index contributed by atoms with van der Waals surface area (Å²) in [5.41, 5.74) is 0.864. The number of carbonyl (C=O) groups excluding carboxylic acids is 1. The fourth-order valence-electron chi connectivity index (χ4n) is 1.59. The predicted octanol–water partition coefficient (Wildman–Crippen LogP) is 0.913. The molecule has 0 saturated heterocycles. The van der Waals surface area contributed by atoms with Gasteiger partial charge in [0.05, 0.1) is 11.8 Å². The number of hydrogen-bond donors (Lipinski definition) is 2. The summed E-state index contributed by atoms with van der Waals surface area (Å²) in [7, 11) is 0. The first-order valence-electron chi connectivity index (χ1n) is 5.10. The number of ether oxygens (including phenoxy) is 1. The maximum atomic E-state index is 11.2. The van der Waals surface area contributed by atoms with Crippen molar-refractivity contribution in [1.29, 1.82) is 0 Å². The number of carbonyl (C=O) groups is 2. The molecular formula is C12H11NO4. The molecule has 0 aliphatic carbocycles. The first-order valence-corrected chi connectivity index (χ1v) is 5.10. The summed E-state index contributed by atoms with van der Waals surface area (Å²) < 4.78 is 4.63. The Kier molecular flexibility index (Phi) is 3.20. The van der Waals surface area contributed by atoms with Crippen LogP contribution < -0.4 is 5.32 Å². The highest BCUT2D eigenvalue weighted by atomic mass is 16.5. The van der Waals surface area contributed by atoms with Gasteiger partial charge in [-0.2, -0.15) is 0 Å². The number of aromatic carboxylic acids is 1. The van der Waals surface area contributed by atoms with Gasteiger partial charge in [-0.1, -0.05) is 18.2 Å². The van der Waals surface area contributed by atoms with Crippen molar-refractivity contribution in [3.63, 3.8) is 0 Å². The van der Waals surface area contributed by atoms with Crippen molar-refractivity contribution in [2.75, 3.05) is 0 Å². The maximum Gasteiger partial charge on any atom is 0.336 e. The number of esters is 1. The molecular weight excluding hydrogens is 222 g/mol. The molecule has 0 saturated carbocycles. The van der Waals surface area contributed by atoms with Crippen LogP contribution in [0.3, 0.4) is 0 Å². The lowest BCUT2D eigenvalue weighted by Crippen LogP contribution is -2.32. The summed E-state index contributed by atoms with van der Waals surface area (Å²) in [5, 5.41) is 11.9. The van der Waals surface area contributed by atoms with Crippen LogP contribution in [0.2, 0.25) is 0 Å². The molecule has 5 nitrogen and oxygen atoms in total. The standard InChI is InChI=1S/C12H11NO4/c14-11(15)9-4-2-1-3-8(9)7-13-10-5-6-17-12(10)16/h1-6,10,13H,7H2,(H,14,15). The Morgan fingerprint density at radius 2 is 2.18 bits per heavy atom. The molecule has 0 fully saturated rings. The van der Waals surface area contributed by atoms with Crippen LogP contribution in [-0.4, -0.2) is 23.1 Å². The molecule has 5 heteroatoms. The Balaban J connectivity index is 2.06. The molecule has 1 aliphatic rings. The van der Waals surface area contributed by atoms with Crippen LogP contribution >= 0.6 is 0 Å². The quantitative estimate of drug-likeness (QED) is 0.756. The van der Waals surface area contributed by atoms with E-state index in [-0.39, 0.29) is 11.5 Å². The van der Waals surface area contributed by atoms with E-state index in [1.165, 1.54) is 12.3 Å². The second kappa shape index (κ2) is 4.80. The maximum absolute atomic E-state index is 11.2. The van der Waals surface area contributed by atoms with Crippen LogP contribution in [0.15, 0.2) is 36.6 Å². The fraction of sp³-hybridized carbons (Fsp3) is 0.167. The molecule has 1 aromatic carbocycles. The molecule has 0 spiro atoms. The highest BCUT2D eigenvalue weighted by Crippen LogP contribution is 2.10. The summed E-state index contributed by atoms with van der Waals surface area (Å²) in [6, 6.07) is 6.16. The minimum absolute atomic E-state index is 0.232. The lowest BCUT2D eigenvalue weighted by molar-refractivity contribution is -0.137. The lowest BCUT2D eigenvalue weighted by Gasteiger charge is -2.09. The summed E-state index contributed by atoms with van der Waals surface area (Å²) in [6.07, 6.45) is 2.91. The van der Waals surface area contributed by atoms with Crippen LogP contribution in [-0.2, 0) is 16.1 Å². The van der Waals surface area contributed by atoms with Gasteiger partial charge < -0.3 is 9.84 Å². The van der Waals surface area contributed by atoms with Gasteiger partial charge in [-0.05, 0) is 17.7 Å². The zero-order chi connectivity index (χ0) is 12.3. The highest BCUT2D eigenvalue weighted by molar-refractivity contribution is 5.89. The van der Waals surface area contributed by atoms with Crippen molar-refractivity contribution >= 4 is 11.9 Å². The normalized spacial score (nSPS) is 18.1. The van der Waals surface area contributed by atoms with Gasteiger partial charge in [-0.3, -0.25) is 5.32 Å². The van der Waals surface area contributed by atoms with Gasteiger partial charge in [0.1, 0.15) is 6.04 Å². The van der Waals surface area contributed by atoms with E-state index in [0.29, 0.717) is 12.1 Å². The molecule has 2 N–H and O–H groups in total. The monoisotopic (exact) mass is 233 g/mol. The Labute approximate surface area is 97.7 Å². The van der Waals surface area contributed by atoms with Gasteiger partial charge in [0.2, 0.25) is 0 Å². The average molecular weight is 233 g/mol. The van der Waals surface area contributed by atoms with Crippen molar-refractivity contribution < 1.29 is 19.4 Å². The molecule has 0 aromatic heterocycles. The molecule has 0 radical (unpaired) electrons. The molecule has 1 aromatic rings. The van der Waals surface area contributed by atoms with Gasteiger partial charge in [0.25, 0.3) is 0 Å². The fourth-order valence-corrected chi connectivity index (χ4v) is 1.59. The van der Waals surface area contributed by atoms with Crippen LogP contribution in [0, 0.1) is 0 Å². The van der Waals surface area contributed by atoms with Crippen LogP contribution in [0.1, 0.15) is 15.9 Å². The SMILES string of the molecule is O=C(O)c1ccccc1CNC1C=COC1=O. The summed E-state index contributed by atoms with van der Waals surface area (Å²) in [6.45, 7) is 0.298. The Morgan fingerprint density at radius 3 is 2.82 bits per heavy atom. The van der Waals surface area contributed by atoms with E-state index in [1.54, 1.807) is 24.3 Å². The number of hydrogen-bond acceptors (Lipinski definition) is 4. The number of rotatable bonds is 4. The van der Waals surface area contributed by atoms with Crippen molar-refractivity contribution in [3.8, 4) is 0 Å². The summed E-state index contributed by atoms with van der Waals surface area (Å²) in [5.74, 6) is -1.36. The van der Waals surface area contributed by atoms with Gasteiger partial charge in [0, 0.05) is 6.54 Å². The van der Waals surface area contributed by atoms with E-state index >= 15 is 0 Å². The predicted molar refractivity (Wildman–Crippen MR) is 59.3 cm³/mol. The molecule has 2 rings (SSSR count). The molecule has 1 aliphatic heterocycles. The molecule has 1 unspecified atom stereocenters. The number of benzene rings is 1. The minimum atomic E-state index is -0.980. The lowest BCUT2D eigenvalue weighted by atomic mass is 10.1. The second-order valence-electron chi connectivity index (χ2n) is 3.59. The third-order valence-electron chi connectivity index (χ3n) is 2.47. The first-order chi connectivity index (χ1) is 8.18. The van der Waals surface area contributed by atoms with E-state index in [1.807, 2.05) is 0 Å². The van der Waals surface area contributed by atoms with Gasteiger partial charge in [-0.25, -0.2) is 9.59 Å². The van der Waals surface area contributed by atoms with Gasteiger partial charge in [0.15, 0.2) is 0 Å². The topological polar surface area (TPSA) is 75.6 Å². The Morgan fingerprint density at radius 1 is 1.41 bits per heavy atom. The van der Waals surface area contributed by atoms with Crippen molar-refractivity contribution in [3.05, 3.63) is 47.7 Å². The van der Waals surface area contributed by atoms with Crippen LogP contribution in [0.25, 0.3) is 0 Å². The summed E-state index contributed by atoms with van der Waals surface area (Å²) >= 11 is 0. The summed E-state index contributed by atoms with van der Waals surface area (Å²) in [4.78, 5) is 22.1. The van der Waals surface area contributed by atoms with E-state index in [4.69, 9.17) is 5.11 Å². The first kappa shape index (κ1) is 11.3. The van der Waals surface area contributed by atoms with Gasteiger partial charge in [-0.15, -0.1) is 0 Å². The van der Waals surface area contributed by atoms with Crippen LogP contribution in [0.5, 0.6) is 0 Å². The largest absolute Gasteiger partial charge is 0.478 e. The molecule has 1 atom stereocenters. The highest BCUT2D eigenvalue weighted by Gasteiger charge is 2.21. The number of cyclic esters (lactones) is 1. The van der Waals surface area contributed by atoms with Crippen molar-refractivity contribution in [2.45, 2.75) is 12.6 Å². The van der Waals surface area contributed by atoms with Crippen LogP contribution in [0.4, 0.5) is 0 Å². The Hall–Kier alpha value is -2.14. The van der Waals surface area contributed by atoms with E-state index in [0.717, 1.165) is 0 Å². The van der Waals surface area contributed by atoms with E-state index in [2.05, 4.69) is 10.1 Å². The number of carboxylic acid groups (broad SMARTS) is 1. The molecule has 88 valence electrons. The molecule has 0 bridgehead atoms. The Bertz CT molecular complexity index is 481. The molecule has 17 heavy (non-hydrogen) atoms. The smallest absolute Gasteiger partial charge is 0.336 e. The average Bonchev–Trinajstić information content (AvgIpc) is 2.72. The zero-order valence-corrected chi connectivity index (χ0v) is 8.92. The zero-order valence-electron chi connectivity index (χ0n) is 8.92. The van der Waals surface area contributed by atoms with E-state index < -0.39 is 12.0 Å². The molecule has 0 amide bonds. The third-order valence-corrected chi connectivity index (χ3v) is 2.47. The third kappa shape index (κ3) is 2.51. The number of nitrogens with one attached hydrogen (secondary N) is 1. The van der Waals surface area contributed by atoms with Gasteiger partial charge >= 0.3 is 11.9 Å². The van der Waals surface area contributed by atoms with Crippen molar-refractivity contribution in [2.24, 2.45) is 0 Å². The minimum Gasteiger partial charge on any atom is -0.478 e. The van der Waals surface area contributed by atoms with E-state index in [9.17, 15) is 9.59 Å².